The Morgan fingerprint density at radius 1 is 1.20 bits per heavy atom. The van der Waals surface area contributed by atoms with Crippen LogP contribution >= 0.6 is 12.4 Å². The summed E-state index contributed by atoms with van der Waals surface area (Å²) in [7, 11) is 0. The van der Waals surface area contributed by atoms with Crippen LogP contribution in [0.2, 0.25) is 0 Å². The number of hydrogen-bond acceptors (Lipinski definition) is 3. The second-order valence-electron chi connectivity index (χ2n) is 6.49. The van der Waals surface area contributed by atoms with Gasteiger partial charge in [0.1, 0.15) is 0 Å². The van der Waals surface area contributed by atoms with Crippen molar-refractivity contribution in [1.29, 1.82) is 0 Å². The van der Waals surface area contributed by atoms with Crippen LogP contribution in [0.3, 0.4) is 0 Å². The Labute approximate surface area is 127 Å². The lowest BCUT2D eigenvalue weighted by molar-refractivity contribution is -0.131. The molecule has 20 heavy (non-hydrogen) atoms. The number of amides is 1. The normalized spacial score (nSPS) is 36.5. The van der Waals surface area contributed by atoms with Gasteiger partial charge in [0.05, 0.1) is 6.10 Å². The molecule has 1 saturated carbocycles. The van der Waals surface area contributed by atoms with E-state index in [4.69, 9.17) is 10.5 Å². The molecule has 0 aromatic heterocycles. The lowest BCUT2D eigenvalue weighted by atomic mass is 9.98. The zero-order valence-corrected chi connectivity index (χ0v) is 12.9. The molecule has 0 aromatic carbocycles. The molecule has 0 radical (unpaired) electrons. The second-order valence-corrected chi connectivity index (χ2v) is 6.49. The summed E-state index contributed by atoms with van der Waals surface area (Å²) in [5.74, 6) is 1.55. The number of ether oxygens (including phenoxy) is 1. The third-order valence-electron chi connectivity index (χ3n) is 5.22. The Morgan fingerprint density at radius 2 is 2.05 bits per heavy atom. The summed E-state index contributed by atoms with van der Waals surface area (Å²) in [5.41, 5.74) is 6.12. The number of rotatable bonds is 3. The molecule has 0 spiro atoms. The van der Waals surface area contributed by atoms with E-state index in [9.17, 15) is 4.79 Å². The van der Waals surface area contributed by atoms with Crippen LogP contribution in [0.25, 0.3) is 0 Å². The Kier molecular flexibility index (Phi) is 5.70. The summed E-state index contributed by atoms with van der Waals surface area (Å²) in [6.45, 7) is 2.72. The monoisotopic (exact) mass is 302 g/mol. The van der Waals surface area contributed by atoms with Gasteiger partial charge in [0.2, 0.25) is 5.91 Å². The van der Waals surface area contributed by atoms with Crippen molar-refractivity contribution >= 4 is 18.3 Å². The molecule has 3 fully saturated rings. The van der Waals surface area contributed by atoms with Crippen molar-refractivity contribution < 1.29 is 9.53 Å². The van der Waals surface area contributed by atoms with Gasteiger partial charge in [-0.3, -0.25) is 4.79 Å². The zero-order chi connectivity index (χ0) is 13.2. The molecule has 1 amide bonds. The fourth-order valence-corrected chi connectivity index (χ4v) is 3.99. The maximum Gasteiger partial charge on any atom is 0.222 e. The van der Waals surface area contributed by atoms with E-state index in [1.807, 2.05) is 0 Å². The molecule has 0 bridgehead atoms. The van der Waals surface area contributed by atoms with Crippen molar-refractivity contribution in [2.24, 2.45) is 17.6 Å². The van der Waals surface area contributed by atoms with E-state index in [2.05, 4.69) is 4.90 Å². The smallest absolute Gasteiger partial charge is 0.222 e. The molecule has 4 nitrogen and oxygen atoms in total. The first-order valence-corrected chi connectivity index (χ1v) is 7.89. The van der Waals surface area contributed by atoms with Gasteiger partial charge in [0.25, 0.3) is 0 Å². The van der Waals surface area contributed by atoms with Gasteiger partial charge in [-0.25, -0.2) is 0 Å². The van der Waals surface area contributed by atoms with Crippen molar-refractivity contribution in [1.82, 2.24) is 4.90 Å². The molecule has 1 aliphatic carbocycles. The minimum Gasteiger partial charge on any atom is -0.378 e. The van der Waals surface area contributed by atoms with E-state index in [0.29, 0.717) is 36.3 Å². The molecule has 116 valence electrons. The molecule has 2 N–H and O–H groups in total. The van der Waals surface area contributed by atoms with Crippen LogP contribution < -0.4 is 5.73 Å². The van der Waals surface area contributed by atoms with Crippen LogP contribution in [0.15, 0.2) is 0 Å². The minimum absolute atomic E-state index is 0. The maximum atomic E-state index is 12.3. The predicted octanol–water partition coefficient (Wildman–Crippen LogP) is 1.95. The third kappa shape index (κ3) is 3.46. The highest BCUT2D eigenvalue weighted by Crippen LogP contribution is 2.37. The summed E-state index contributed by atoms with van der Waals surface area (Å²) >= 11 is 0. The number of carbonyl (C=O) groups excluding carboxylic acids is 1. The summed E-state index contributed by atoms with van der Waals surface area (Å²) in [5, 5.41) is 0. The number of likely N-dealkylation sites (tertiary alicyclic amines) is 1. The first-order valence-electron chi connectivity index (χ1n) is 7.89. The summed E-state index contributed by atoms with van der Waals surface area (Å²) in [6.07, 6.45) is 7.79. The van der Waals surface area contributed by atoms with Crippen LogP contribution in [0.1, 0.15) is 44.9 Å². The van der Waals surface area contributed by atoms with Crippen LogP contribution in [0.5, 0.6) is 0 Å². The molecule has 5 heteroatoms. The fraction of sp³-hybridized carbons (Fsp3) is 0.933. The van der Waals surface area contributed by atoms with E-state index in [-0.39, 0.29) is 12.4 Å². The fourth-order valence-electron chi connectivity index (χ4n) is 3.99. The van der Waals surface area contributed by atoms with Gasteiger partial charge >= 0.3 is 0 Å². The van der Waals surface area contributed by atoms with Crippen LogP contribution in [-0.4, -0.2) is 42.6 Å². The van der Waals surface area contributed by atoms with Crippen LogP contribution in [-0.2, 0) is 9.53 Å². The van der Waals surface area contributed by atoms with Crippen molar-refractivity contribution in [3.8, 4) is 0 Å². The van der Waals surface area contributed by atoms with Crippen molar-refractivity contribution in [3.05, 3.63) is 0 Å². The Bertz CT molecular complexity index is 334. The van der Waals surface area contributed by atoms with Gasteiger partial charge in [-0.2, -0.15) is 0 Å². The molecule has 2 heterocycles. The van der Waals surface area contributed by atoms with Crippen LogP contribution in [0, 0.1) is 11.8 Å². The van der Waals surface area contributed by atoms with Gasteiger partial charge in [0.15, 0.2) is 0 Å². The van der Waals surface area contributed by atoms with E-state index in [1.165, 1.54) is 19.3 Å². The van der Waals surface area contributed by atoms with Crippen LogP contribution in [0.4, 0.5) is 0 Å². The number of hydrogen-bond donors (Lipinski definition) is 1. The molecule has 4 atom stereocenters. The highest BCUT2D eigenvalue weighted by Gasteiger charge is 2.42. The van der Waals surface area contributed by atoms with Crippen molar-refractivity contribution in [2.75, 3.05) is 19.7 Å². The Hall–Kier alpha value is -0.320. The van der Waals surface area contributed by atoms with E-state index >= 15 is 0 Å². The molecule has 0 aromatic rings. The van der Waals surface area contributed by atoms with Gasteiger partial charge in [-0.15, -0.1) is 12.4 Å². The molecule has 3 rings (SSSR count). The topological polar surface area (TPSA) is 55.6 Å². The van der Waals surface area contributed by atoms with Crippen molar-refractivity contribution in [3.63, 3.8) is 0 Å². The standard InChI is InChI=1S/C15H26N2O2.ClH/c16-14-6-4-11-9-17(10-13(11)14)15(18)7-5-12-3-1-2-8-19-12;/h11-14H,1-10,16H2;1H. The quantitative estimate of drug-likeness (QED) is 0.867. The second kappa shape index (κ2) is 7.10. The van der Waals surface area contributed by atoms with Crippen molar-refractivity contribution in [2.45, 2.75) is 57.1 Å². The average Bonchev–Trinajstić information content (AvgIpc) is 3.00. The molecule has 2 aliphatic heterocycles. The van der Waals surface area contributed by atoms with E-state index in [0.717, 1.165) is 39.0 Å². The van der Waals surface area contributed by atoms with Gasteiger partial charge < -0.3 is 15.4 Å². The number of nitrogens with two attached hydrogens (primary N) is 1. The minimum atomic E-state index is 0. The van der Waals surface area contributed by atoms with Gasteiger partial charge in [-0.05, 0) is 50.4 Å². The highest BCUT2D eigenvalue weighted by molar-refractivity contribution is 5.85. The SMILES string of the molecule is Cl.NC1CCC2CN(C(=O)CCC3CCCCO3)CC12. The number of nitrogens with zero attached hydrogens (tertiary/aromatic N) is 1. The average molecular weight is 303 g/mol. The first kappa shape index (κ1) is 16.1. The van der Waals surface area contributed by atoms with E-state index in [1.54, 1.807) is 0 Å². The Balaban J connectivity index is 0.00000147. The summed E-state index contributed by atoms with van der Waals surface area (Å²) in [6, 6.07) is 0.324. The molecule has 4 unspecified atom stereocenters. The molecular weight excluding hydrogens is 276 g/mol. The zero-order valence-electron chi connectivity index (χ0n) is 12.1. The van der Waals surface area contributed by atoms with Gasteiger partial charge in [-0.1, -0.05) is 0 Å². The molecular formula is C15H27ClN2O2. The summed E-state index contributed by atoms with van der Waals surface area (Å²) in [4.78, 5) is 14.3. The van der Waals surface area contributed by atoms with Gasteiger partial charge in [0, 0.05) is 32.2 Å². The number of carbonyl (C=O) groups is 1. The molecule has 2 saturated heterocycles. The lowest BCUT2D eigenvalue weighted by Gasteiger charge is -2.24. The highest BCUT2D eigenvalue weighted by atomic mass is 35.5. The number of fused-ring (bicyclic) bond motifs is 1. The third-order valence-corrected chi connectivity index (χ3v) is 5.22. The maximum absolute atomic E-state index is 12.3. The van der Waals surface area contributed by atoms with E-state index < -0.39 is 0 Å². The number of halogens is 1. The largest absolute Gasteiger partial charge is 0.378 e. The first-order chi connectivity index (χ1) is 9.24. The predicted molar refractivity (Wildman–Crippen MR) is 80.8 cm³/mol. The Morgan fingerprint density at radius 3 is 2.75 bits per heavy atom. The molecule has 3 aliphatic rings. The lowest BCUT2D eigenvalue weighted by Crippen LogP contribution is -2.34. The summed E-state index contributed by atoms with van der Waals surface area (Å²) < 4.78 is 5.69.